The van der Waals surface area contributed by atoms with Gasteiger partial charge >= 0.3 is 0 Å². The molecule has 84 valence electrons. The van der Waals surface area contributed by atoms with E-state index in [4.69, 9.17) is 10.00 Å². The molecule has 1 atom stereocenters. The second-order valence-electron chi connectivity index (χ2n) is 4.27. The van der Waals surface area contributed by atoms with Gasteiger partial charge in [-0.05, 0) is 24.6 Å². The van der Waals surface area contributed by atoms with E-state index in [0.717, 1.165) is 31.9 Å². The van der Waals surface area contributed by atoms with E-state index in [1.807, 2.05) is 24.3 Å². The molecular weight excluding hydrogens is 200 g/mol. The molecule has 0 saturated carbocycles. The normalized spacial score (nSPS) is 19.4. The van der Waals surface area contributed by atoms with Crippen LogP contribution in [-0.4, -0.2) is 26.8 Å². The zero-order valence-corrected chi connectivity index (χ0v) is 9.52. The summed E-state index contributed by atoms with van der Waals surface area (Å²) in [6.07, 6.45) is 1.14. The first-order valence-electron chi connectivity index (χ1n) is 5.58. The lowest BCUT2D eigenvalue weighted by molar-refractivity contribution is 0.186. The molecule has 0 spiro atoms. The van der Waals surface area contributed by atoms with Gasteiger partial charge in [0.05, 0.1) is 18.2 Å². The van der Waals surface area contributed by atoms with Gasteiger partial charge in [0, 0.05) is 31.8 Å². The van der Waals surface area contributed by atoms with Crippen molar-refractivity contribution in [1.29, 1.82) is 5.26 Å². The summed E-state index contributed by atoms with van der Waals surface area (Å²) >= 11 is 0. The topological polar surface area (TPSA) is 36.3 Å². The molecule has 1 aromatic rings. The predicted molar refractivity (Wildman–Crippen MR) is 63.4 cm³/mol. The van der Waals surface area contributed by atoms with Gasteiger partial charge in [0.1, 0.15) is 0 Å². The number of hydrogen-bond acceptors (Lipinski definition) is 3. The van der Waals surface area contributed by atoms with Gasteiger partial charge in [-0.15, -0.1) is 0 Å². The Hall–Kier alpha value is -1.53. The van der Waals surface area contributed by atoms with E-state index < -0.39 is 0 Å². The van der Waals surface area contributed by atoms with Crippen molar-refractivity contribution in [3.63, 3.8) is 0 Å². The van der Waals surface area contributed by atoms with Crippen LogP contribution in [0.15, 0.2) is 24.3 Å². The Morgan fingerprint density at radius 3 is 3.12 bits per heavy atom. The third kappa shape index (κ3) is 2.53. The summed E-state index contributed by atoms with van der Waals surface area (Å²) in [4.78, 5) is 2.19. The van der Waals surface area contributed by atoms with Crippen molar-refractivity contribution in [2.75, 3.05) is 31.7 Å². The van der Waals surface area contributed by atoms with E-state index in [0.29, 0.717) is 11.5 Å². The first-order chi connectivity index (χ1) is 7.79. The highest BCUT2D eigenvalue weighted by Crippen LogP contribution is 2.19. The van der Waals surface area contributed by atoms with E-state index in [2.05, 4.69) is 18.0 Å². The van der Waals surface area contributed by atoms with Crippen LogP contribution in [0.2, 0.25) is 0 Å². The highest BCUT2D eigenvalue weighted by atomic mass is 16.5. The molecule has 1 aliphatic heterocycles. The molecule has 0 radical (unpaired) electrons. The molecule has 3 heteroatoms. The number of anilines is 1. The van der Waals surface area contributed by atoms with Crippen molar-refractivity contribution in [3.05, 3.63) is 29.8 Å². The van der Waals surface area contributed by atoms with Gasteiger partial charge in [-0.3, -0.25) is 0 Å². The fourth-order valence-corrected chi connectivity index (χ4v) is 2.03. The van der Waals surface area contributed by atoms with Crippen LogP contribution in [-0.2, 0) is 4.74 Å². The molecule has 0 amide bonds. The lowest BCUT2D eigenvalue weighted by Crippen LogP contribution is -2.25. The standard InChI is InChI=1S/C13H16N2O/c1-15(9-12-5-6-16-10-12)13-4-2-3-11(7-13)8-14/h2-4,7,12H,5-6,9-10H2,1H3. The fourth-order valence-electron chi connectivity index (χ4n) is 2.03. The number of ether oxygens (including phenoxy) is 1. The van der Waals surface area contributed by atoms with Crippen LogP contribution in [0.5, 0.6) is 0 Å². The van der Waals surface area contributed by atoms with Gasteiger partial charge in [-0.1, -0.05) is 6.07 Å². The number of hydrogen-bond donors (Lipinski definition) is 0. The molecule has 1 heterocycles. The highest BCUT2D eigenvalue weighted by molar-refractivity contribution is 5.50. The van der Waals surface area contributed by atoms with Crippen molar-refractivity contribution in [3.8, 4) is 6.07 Å². The lowest BCUT2D eigenvalue weighted by atomic mass is 10.1. The largest absolute Gasteiger partial charge is 0.381 e. The van der Waals surface area contributed by atoms with Crippen molar-refractivity contribution < 1.29 is 4.74 Å². The van der Waals surface area contributed by atoms with E-state index >= 15 is 0 Å². The minimum atomic E-state index is 0.621. The van der Waals surface area contributed by atoms with Crippen LogP contribution in [0.1, 0.15) is 12.0 Å². The smallest absolute Gasteiger partial charge is 0.0992 e. The van der Waals surface area contributed by atoms with Gasteiger partial charge in [0.2, 0.25) is 0 Å². The van der Waals surface area contributed by atoms with Gasteiger partial charge in [-0.25, -0.2) is 0 Å². The molecule has 1 unspecified atom stereocenters. The van der Waals surface area contributed by atoms with Crippen molar-refractivity contribution >= 4 is 5.69 Å². The summed E-state index contributed by atoms with van der Waals surface area (Å²) in [5.41, 5.74) is 1.82. The molecule has 0 bridgehead atoms. The van der Waals surface area contributed by atoms with Crippen LogP contribution in [0.4, 0.5) is 5.69 Å². The summed E-state index contributed by atoms with van der Waals surface area (Å²) in [5, 5.41) is 8.84. The molecule has 0 aliphatic carbocycles. The van der Waals surface area contributed by atoms with Crippen LogP contribution in [0, 0.1) is 17.2 Å². The minimum absolute atomic E-state index is 0.621. The summed E-state index contributed by atoms with van der Waals surface area (Å²) in [6.45, 7) is 2.74. The van der Waals surface area contributed by atoms with Crippen LogP contribution in [0.3, 0.4) is 0 Å². The number of nitriles is 1. The Labute approximate surface area is 96.2 Å². The van der Waals surface area contributed by atoms with Crippen molar-refractivity contribution in [1.82, 2.24) is 0 Å². The van der Waals surface area contributed by atoms with E-state index in [1.165, 1.54) is 0 Å². The quantitative estimate of drug-likeness (QED) is 0.775. The van der Waals surface area contributed by atoms with Gasteiger partial charge in [-0.2, -0.15) is 5.26 Å². The third-order valence-corrected chi connectivity index (χ3v) is 2.97. The average molecular weight is 216 g/mol. The molecule has 1 fully saturated rings. The molecule has 0 N–H and O–H groups in total. The molecule has 3 nitrogen and oxygen atoms in total. The molecule has 1 saturated heterocycles. The van der Waals surface area contributed by atoms with Gasteiger partial charge in [0.25, 0.3) is 0 Å². The Morgan fingerprint density at radius 2 is 2.44 bits per heavy atom. The minimum Gasteiger partial charge on any atom is -0.381 e. The zero-order chi connectivity index (χ0) is 11.4. The maximum absolute atomic E-state index is 8.84. The molecule has 1 aromatic carbocycles. The Morgan fingerprint density at radius 1 is 1.56 bits per heavy atom. The van der Waals surface area contributed by atoms with Crippen LogP contribution >= 0.6 is 0 Å². The Kier molecular flexibility index (Phi) is 3.43. The summed E-state index contributed by atoms with van der Waals surface area (Å²) < 4.78 is 5.36. The summed E-state index contributed by atoms with van der Waals surface area (Å²) in [7, 11) is 2.06. The molecule has 0 aromatic heterocycles. The zero-order valence-electron chi connectivity index (χ0n) is 9.52. The Balaban J connectivity index is 2.02. The number of benzene rings is 1. The maximum Gasteiger partial charge on any atom is 0.0992 e. The molecule has 2 rings (SSSR count). The number of rotatable bonds is 3. The van der Waals surface area contributed by atoms with E-state index in [1.54, 1.807) is 0 Å². The summed E-state index contributed by atoms with van der Waals surface area (Å²) in [6, 6.07) is 9.88. The molecular formula is C13H16N2O. The predicted octanol–water partition coefficient (Wildman–Crippen LogP) is 2.03. The average Bonchev–Trinajstić information content (AvgIpc) is 2.82. The monoisotopic (exact) mass is 216 g/mol. The third-order valence-electron chi connectivity index (χ3n) is 2.97. The highest BCUT2D eigenvalue weighted by Gasteiger charge is 2.17. The van der Waals surface area contributed by atoms with Crippen LogP contribution < -0.4 is 4.90 Å². The second-order valence-corrected chi connectivity index (χ2v) is 4.27. The molecule has 1 aliphatic rings. The molecule has 16 heavy (non-hydrogen) atoms. The Bertz CT molecular complexity index is 391. The van der Waals surface area contributed by atoms with Gasteiger partial charge < -0.3 is 9.64 Å². The maximum atomic E-state index is 8.84. The fraction of sp³-hybridized carbons (Fsp3) is 0.462. The van der Waals surface area contributed by atoms with Crippen molar-refractivity contribution in [2.24, 2.45) is 5.92 Å². The van der Waals surface area contributed by atoms with E-state index in [9.17, 15) is 0 Å². The lowest BCUT2D eigenvalue weighted by Gasteiger charge is -2.22. The first kappa shape index (κ1) is 11.0. The SMILES string of the molecule is CN(CC1CCOC1)c1cccc(C#N)c1. The number of nitrogens with zero attached hydrogens (tertiary/aromatic N) is 2. The van der Waals surface area contributed by atoms with E-state index in [-0.39, 0.29) is 0 Å². The summed E-state index contributed by atoms with van der Waals surface area (Å²) in [5.74, 6) is 0.621. The van der Waals surface area contributed by atoms with Crippen molar-refractivity contribution in [2.45, 2.75) is 6.42 Å². The van der Waals surface area contributed by atoms with Crippen LogP contribution in [0.25, 0.3) is 0 Å². The second kappa shape index (κ2) is 5.00. The van der Waals surface area contributed by atoms with Gasteiger partial charge in [0.15, 0.2) is 0 Å². The first-order valence-corrected chi connectivity index (χ1v) is 5.58.